The monoisotopic (exact) mass is 565 g/mol. The normalized spacial score (nSPS) is 11.7. The van der Waals surface area contributed by atoms with E-state index in [-0.39, 0.29) is 16.4 Å². The van der Waals surface area contributed by atoms with Gasteiger partial charge in [0.1, 0.15) is 29.0 Å². The highest BCUT2D eigenvalue weighted by atomic mass is 35.5. The second-order valence-corrected chi connectivity index (χ2v) is 11.4. The molecule has 0 saturated carbocycles. The van der Waals surface area contributed by atoms with Crippen LogP contribution in [0.4, 0.5) is 0 Å². The number of nitrogens with zero attached hydrogens (tertiary/aromatic N) is 3. The first-order valence-corrected chi connectivity index (χ1v) is 14.3. The van der Waals surface area contributed by atoms with Gasteiger partial charge in [0.2, 0.25) is 9.84 Å². The van der Waals surface area contributed by atoms with Crippen molar-refractivity contribution in [3.05, 3.63) is 136 Å². The van der Waals surface area contributed by atoms with Crippen LogP contribution in [0.3, 0.4) is 0 Å². The smallest absolute Gasteiger partial charge is 0.216 e. The maximum absolute atomic E-state index is 13.4. The molecule has 0 aliphatic rings. The quantitative estimate of drug-likeness (QED) is 0.183. The first-order valence-electron chi connectivity index (χ1n) is 12.4. The number of halogens is 1. The summed E-state index contributed by atoms with van der Waals surface area (Å²) in [6.07, 6.45) is 3.08. The predicted octanol–water partition coefficient (Wildman–Crippen LogP) is 7.42. The van der Waals surface area contributed by atoms with Gasteiger partial charge in [0.05, 0.1) is 10.6 Å². The number of ether oxygens (including phenoxy) is 1. The Labute approximate surface area is 238 Å². The molecule has 5 rings (SSSR count). The van der Waals surface area contributed by atoms with Crippen LogP contribution in [0.2, 0.25) is 5.02 Å². The molecule has 0 bridgehead atoms. The SMILES string of the molecule is Cc1ccc(S(=O)(=O)C(C#N)=Cc2cn(-c3ccccc3)nc2-c2cccc(OCc3ccccc3Cl)c2)cc1. The van der Waals surface area contributed by atoms with Gasteiger partial charge in [0, 0.05) is 27.9 Å². The van der Waals surface area contributed by atoms with Crippen LogP contribution >= 0.6 is 11.6 Å². The number of aromatic nitrogens is 2. The number of rotatable bonds is 8. The average molecular weight is 566 g/mol. The van der Waals surface area contributed by atoms with Gasteiger partial charge >= 0.3 is 0 Å². The Bertz CT molecular complexity index is 1840. The summed E-state index contributed by atoms with van der Waals surface area (Å²) in [5.41, 5.74) is 4.23. The summed E-state index contributed by atoms with van der Waals surface area (Å²) in [7, 11) is -4.05. The molecule has 0 saturated heterocycles. The van der Waals surface area contributed by atoms with Gasteiger partial charge in [-0.05, 0) is 55.5 Å². The molecule has 8 heteroatoms. The summed E-state index contributed by atoms with van der Waals surface area (Å²) in [6.45, 7) is 2.15. The van der Waals surface area contributed by atoms with Crippen molar-refractivity contribution < 1.29 is 13.2 Å². The van der Waals surface area contributed by atoms with Crippen molar-refractivity contribution in [2.24, 2.45) is 0 Å². The number of hydrogen-bond acceptors (Lipinski definition) is 5. The number of sulfone groups is 1. The topological polar surface area (TPSA) is 85.0 Å². The summed E-state index contributed by atoms with van der Waals surface area (Å²) in [6, 6.07) is 32.6. The first-order chi connectivity index (χ1) is 19.3. The van der Waals surface area contributed by atoms with Crippen molar-refractivity contribution >= 4 is 27.5 Å². The van der Waals surface area contributed by atoms with E-state index in [9.17, 15) is 13.7 Å². The summed E-state index contributed by atoms with van der Waals surface area (Å²) in [5, 5.41) is 15.3. The van der Waals surface area contributed by atoms with Gasteiger partial charge in [-0.3, -0.25) is 0 Å². The maximum Gasteiger partial charge on any atom is 0.216 e. The molecule has 0 atom stereocenters. The van der Waals surface area contributed by atoms with Crippen molar-refractivity contribution in [1.29, 1.82) is 5.26 Å². The molecule has 5 aromatic rings. The molecule has 0 N–H and O–H groups in total. The number of hydrogen-bond donors (Lipinski definition) is 0. The Morgan fingerprint density at radius 3 is 2.42 bits per heavy atom. The molecular weight excluding hydrogens is 542 g/mol. The van der Waals surface area contributed by atoms with Crippen LogP contribution in [0, 0.1) is 18.3 Å². The highest BCUT2D eigenvalue weighted by Crippen LogP contribution is 2.31. The van der Waals surface area contributed by atoms with E-state index in [1.807, 2.05) is 91.9 Å². The highest BCUT2D eigenvalue weighted by molar-refractivity contribution is 7.95. The van der Waals surface area contributed by atoms with E-state index in [1.165, 1.54) is 18.2 Å². The van der Waals surface area contributed by atoms with E-state index < -0.39 is 9.84 Å². The fourth-order valence-corrected chi connectivity index (χ4v) is 5.44. The third kappa shape index (κ3) is 5.84. The van der Waals surface area contributed by atoms with Gasteiger partial charge in [-0.15, -0.1) is 0 Å². The summed E-state index contributed by atoms with van der Waals surface area (Å²) in [5.74, 6) is 0.592. The minimum atomic E-state index is -4.05. The highest BCUT2D eigenvalue weighted by Gasteiger charge is 2.22. The summed E-state index contributed by atoms with van der Waals surface area (Å²) in [4.78, 5) is -0.325. The number of benzene rings is 4. The summed E-state index contributed by atoms with van der Waals surface area (Å²) >= 11 is 6.28. The van der Waals surface area contributed by atoms with Gasteiger partial charge in [-0.1, -0.05) is 77.8 Å². The van der Waals surface area contributed by atoms with Gasteiger partial charge in [0.15, 0.2) is 0 Å². The van der Waals surface area contributed by atoms with Crippen LogP contribution < -0.4 is 4.74 Å². The molecule has 0 amide bonds. The van der Waals surface area contributed by atoms with Crippen molar-refractivity contribution in [2.75, 3.05) is 0 Å². The molecule has 40 heavy (non-hydrogen) atoms. The third-order valence-corrected chi connectivity index (χ3v) is 8.29. The Hall–Kier alpha value is -4.64. The minimum absolute atomic E-state index is 0.0536. The van der Waals surface area contributed by atoms with E-state index in [0.29, 0.717) is 27.6 Å². The largest absolute Gasteiger partial charge is 0.489 e. The summed E-state index contributed by atoms with van der Waals surface area (Å²) < 4.78 is 34.4. The van der Waals surface area contributed by atoms with E-state index in [4.69, 9.17) is 21.4 Å². The molecule has 0 spiro atoms. The van der Waals surface area contributed by atoms with E-state index in [0.717, 1.165) is 16.8 Å². The zero-order valence-electron chi connectivity index (χ0n) is 21.5. The Kier molecular flexibility index (Phi) is 7.83. The van der Waals surface area contributed by atoms with E-state index in [1.54, 1.807) is 23.0 Å². The van der Waals surface area contributed by atoms with Gasteiger partial charge in [0.25, 0.3) is 0 Å². The van der Waals surface area contributed by atoms with Crippen LogP contribution in [0.1, 0.15) is 16.7 Å². The number of nitriles is 1. The van der Waals surface area contributed by atoms with Gasteiger partial charge in [-0.25, -0.2) is 13.1 Å². The lowest BCUT2D eigenvalue weighted by molar-refractivity contribution is 0.306. The second kappa shape index (κ2) is 11.6. The van der Waals surface area contributed by atoms with E-state index in [2.05, 4.69) is 0 Å². The Morgan fingerprint density at radius 2 is 1.70 bits per heavy atom. The maximum atomic E-state index is 13.4. The minimum Gasteiger partial charge on any atom is -0.489 e. The zero-order chi connectivity index (χ0) is 28.1. The molecule has 0 aliphatic carbocycles. The standard InChI is InChI=1S/C32H24ClN3O3S/c1-23-14-16-29(17-15-23)40(37,38)30(20-34)19-26-21-36(27-10-3-2-4-11-27)35-32(26)24-9-7-12-28(18-24)39-22-25-8-5-6-13-31(25)33/h2-19,21H,22H2,1H3. The van der Waals surface area contributed by atoms with Crippen LogP contribution in [-0.4, -0.2) is 18.2 Å². The molecule has 1 aromatic heterocycles. The van der Waals surface area contributed by atoms with Crippen LogP contribution in [-0.2, 0) is 16.4 Å². The molecular formula is C32H24ClN3O3S. The van der Waals surface area contributed by atoms with Crippen molar-refractivity contribution in [1.82, 2.24) is 9.78 Å². The van der Waals surface area contributed by atoms with Gasteiger partial charge < -0.3 is 4.74 Å². The number of aryl methyl sites for hydroxylation is 1. The molecule has 1 heterocycles. The number of allylic oxidation sites excluding steroid dienone is 1. The fraction of sp³-hybridized carbons (Fsp3) is 0.0625. The Morgan fingerprint density at radius 1 is 0.975 bits per heavy atom. The third-order valence-electron chi connectivity index (χ3n) is 6.24. The van der Waals surface area contributed by atoms with Gasteiger partial charge in [-0.2, -0.15) is 10.4 Å². The van der Waals surface area contributed by atoms with Crippen LogP contribution in [0.15, 0.2) is 119 Å². The second-order valence-electron chi connectivity index (χ2n) is 9.06. The van der Waals surface area contributed by atoms with Crippen LogP contribution in [0.25, 0.3) is 23.0 Å². The lowest BCUT2D eigenvalue weighted by Gasteiger charge is -2.09. The lowest BCUT2D eigenvalue weighted by Crippen LogP contribution is -2.03. The molecule has 0 radical (unpaired) electrons. The zero-order valence-corrected chi connectivity index (χ0v) is 23.1. The average Bonchev–Trinajstić information content (AvgIpc) is 3.40. The van der Waals surface area contributed by atoms with Crippen molar-refractivity contribution in [2.45, 2.75) is 18.4 Å². The van der Waals surface area contributed by atoms with Crippen molar-refractivity contribution in [3.8, 4) is 28.8 Å². The first kappa shape index (κ1) is 26.9. The molecule has 0 aliphatic heterocycles. The molecule has 198 valence electrons. The predicted molar refractivity (Wildman–Crippen MR) is 157 cm³/mol. The van der Waals surface area contributed by atoms with Crippen molar-refractivity contribution in [3.63, 3.8) is 0 Å². The Balaban J connectivity index is 1.57. The van der Waals surface area contributed by atoms with Crippen LogP contribution in [0.5, 0.6) is 5.75 Å². The number of para-hydroxylation sites is 1. The molecule has 6 nitrogen and oxygen atoms in total. The molecule has 0 fully saturated rings. The molecule has 4 aromatic carbocycles. The molecule has 0 unspecified atom stereocenters. The fourth-order valence-electron chi connectivity index (χ4n) is 4.10. The van der Waals surface area contributed by atoms with E-state index >= 15 is 0 Å². The lowest BCUT2D eigenvalue weighted by atomic mass is 10.1.